The number of methoxy groups -OCH3 is 1. The van der Waals surface area contributed by atoms with E-state index in [0.29, 0.717) is 29.3 Å². The molecule has 0 saturated heterocycles. The van der Waals surface area contributed by atoms with Crippen molar-refractivity contribution >= 4 is 39.1 Å². The Balaban J connectivity index is 2.17. The van der Waals surface area contributed by atoms with Gasteiger partial charge in [0.25, 0.3) is 0 Å². The summed E-state index contributed by atoms with van der Waals surface area (Å²) in [5.74, 6) is -0.0783. The van der Waals surface area contributed by atoms with Crippen LogP contribution in [0.15, 0.2) is 47.4 Å². The Morgan fingerprint density at radius 2 is 1.91 bits per heavy atom. The second-order valence-electron chi connectivity index (χ2n) is 9.00. The highest BCUT2D eigenvalue weighted by molar-refractivity contribution is 8.00. The van der Waals surface area contributed by atoms with E-state index >= 15 is 0 Å². The third kappa shape index (κ3) is 5.37. The quantitative estimate of drug-likeness (QED) is 0.505. The van der Waals surface area contributed by atoms with Crippen molar-refractivity contribution in [3.63, 3.8) is 0 Å². The Hall–Kier alpha value is -2.23. The van der Waals surface area contributed by atoms with E-state index in [-0.39, 0.29) is 10.9 Å². The molecule has 1 aliphatic rings. The van der Waals surface area contributed by atoms with E-state index in [1.165, 1.54) is 16.1 Å². The second kappa shape index (κ2) is 10.6. The molecule has 0 radical (unpaired) electrons. The lowest BCUT2D eigenvalue weighted by molar-refractivity contribution is -0.138. The summed E-state index contributed by atoms with van der Waals surface area (Å²) < 4.78 is 33.7. The first-order valence-corrected chi connectivity index (χ1v) is 13.8. The molecular weight excluding hydrogens is 472 g/mol. The number of aliphatic carboxylic acids is 1. The van der Waals surface area contributed by atoms with Gasteiger partial charge in [0.05, 0.1) is 12.8 Å². The van der Waals surface area contributed by atoms with Gasteiger partial charge in [-0.3, -0.25) is 4.79 Å². The number of carboxylic acid groups (broad SMARTS) is 1. The molecule has 1 N–H and O–H groups in total. The SMILES string of the molecule is CCCC[C@@H]1CN(c2ccccc2)c2cc(OC)c(CSC(C)(C)C(=O)O)cc2S(=O)(=O)N1C. The lowest BCUT2D eigenvalue weighted by Crippen LogP contribution is -2.40. The first-order chi connectivity index (χ1) is 16.0. The van der Waals surface area contributed by atoms with Crippen LogP contribution in [0, 0.1) is 0 Å². The van der Waals surface area contributed by atoms with Crippen LogP contribution in [-0.4, -0.2) is 55.3 Å². The highest BCUT2D eigenvalue weighted by atomic mass is 32.2. The zero-order valence-corrected chi connectivity index (χ0v) is 22.1. The first-order valence-electron chi connectivity index (χ1n) is 11.4. The molecule has 34 heavy (non-hydrogen) atoms. The van der Waals surface area contributed by atoms with E-state index in [1.807, 2.05) is 30.3 Å². The minimum Gasteiger partial charge on any atom is -0.496 e. The number of sulfonamides is 1. The number of carboxylic acids is 1. The molecule has 186 valence electrons. The summed E-state index contributed by atoms with van der Waals surface area (Å²) in [4.78, 5) is 13.8. The number of benzene rings is 2. The summed E-state index contributed by atoms with van der Waals surface area (Å²) in [5, 5.41) is 9.49. The van der Waals surface area contributed by atoms with Crippen molar-refractivity contribution in [1.29, 1.82) is 0 Å². The maximum Gasteiger partial charge on any atom is 0.319 e. The first kappa shape index (κ1) is 26.4. The number of carbonyl (C=O) groups is 1. The Labute approximate surface area is 207 Å². The van der Waals surface area contributed by atoms with Crippen molar-refractivity contribution in [3.8, 4) is 5.75 Å². The minimum absolute atomic E-state index is 0.188. The van der Waals surface area contributed by atoms with Crippen molar-refractivity contribution in [2.24, 2.45) is 0 Å². The van der Waals surface area contributed by atoms with E-state index in [2.05, 4.69) is 11.8 Å². The van der Waals surface area contributed by atoms with E-state index in [9.17, 15) is 18.3 Å². The predicted molar refractivity (Wildman–Crippen MR) is 138 cm³/mol. The normalized spacial score (nSPS) is 18.3. The van der Waals surface area contributed by atoms with Crippen LogP contribution in [0.5, 0.6) is 5.75 Å². The van der Waals surface area contributed by atoms with Gasteiger partial charge in [0.2, 0.25) is 10.0 Å². The van der Waals surface area contributed by atoms with Gasteiger partial charge in [-0.15, -0.1) is 11.8 Å². The van der Waals surface area contributed by atoms with Crippen LogP contribution in [0.1, 0.15) is 45.6 Å². The van der Waals surface area contributed by atoms with E-state index in [0.717, 1.165) is 24.9 Å². The van der Waals surface area contributed by atoms with E-state index in [4.69, 9.17) is 4.74 Å². The number of nitrogens with zero attached hydrogens (tertiary/aromatic N) is 2. The predicted octanol–water partition coefficient (Wildman–Crippen LogP) is 5.12. The maximum absolute atomic E-state index is 13.8. The van der Waals surface area contributed by atoms with Gasteiger partial charge >= 0.3 is 5.97 Å². The fourth-order valence-electron chi connectivity index (χ4n) is 3.97. The number of para-hydroxylation sites is 1. The number of fused-ring (bicyclic) bond motifs is 1. The van der Waals surface area contributed by atoms with Gasteiger partial charge in [0.15, 0.2) is 0 Å². The average Bonchev–Trinajstić information content (AvgIpc) is 2.89. The topological polar surface area (TPSA) is 87.1 Å². The minimum atomic E-state index is -3.78. The van der Waals surface area contributed by atoms with Gasteiger partial charge in [-0.25, -0.2) is 8.42 Å². The maximum atomic E-state index is 13.8. The number of thioether (sulfide) groups is 1. The Bertz CT molecular complexity index is 1120. The van der Waals surface area contributed by atoms with Crippen molar-refractivity contribution in [3.05, 3.63) is 48.0 Å². The highest BCUT2D eigenvalue weighted by Crippen LogP contribution is 2.43. The molecule has 9 heteroatoms. The molecule has 3 rings (SSSR count). The van der Waals surface area contributed by atoms with Gasteiger partial charge in [0.1, 0.15) is 15.4 Å². The van der Waals surface area contributed by atoms with Gasteiger partial charge in [-0.05, 0) is 38.5 Å². The smallest absolute Gasteiger partial charge is 0.319 e. The summed E-state index contributed by atoms with van der Waals surface area (Å²) in [6, 6.07) is 13.0. The molecular formula is C25H34N2O5S2. The summed E-state index contributed by atoms with van der Waals surface area (Å²) in [6.45, 7) is 5.89. The Kier molecular flexibility index (Phi) is 8.21. The van der Waals surface area contributed by atoms with E-state index in [1.54, 1.807) is 40.1 Å². The molecule has 0 amide bonds. The molecule has 0 saturated carbocycles. The zero-order chi connectivity index (χ0) is 25.1. The summed E-state index contributed by atoms with van der Waals surface area (Å²) in [7, 11) is -0.584. The van der Waals surface area contributed by atoms with Crippen LogP contribution in [0.3, 0.4) is 0 Å². The molecule has 1 atom stereocenters. The average molecular weight is 507 g/mol. The molecule has 0 aliphatic carbocycles. The second-order valence-corrected chi connectivity index (χ2v) is 12.6. The number of hydrogen-bond acceptors (Lipinski definition) is 6. The van der Waals surface area contributed by atoms with Crippen LogP contribution in [0.2, 0.25) is 0 Å². The summed E-state index contributed by atoms with van der Waals surface area (Å²) in [6.07, 6.45) is 2.67. The number of anilines is 2. The van der Waals surface area contributed by atoms with Crippen LogP contribution in [-0.2, 0) is 20.6 Å². The van der Waals surface area contributed by atoms with Crippen LogP contribution in [0.25, 0.3) is 0 Å². The lowest BCUT2D eigenvalue weighted by Gasteiger charge is -2.29. The van der Waals surface area contributed by atoms with Crippen molar-refractivity contribution in [2.45, 2.75) is 61.5 Å². The zero-order valence-electron chi connectivity index (χ0n) is 20.4. The van der Waals surface area contributed by atoms with Gasteiger partial charge < -0.3 is 14.7 Å². The number of hydrogen-bond donors (Lipinski definition) is 1. The number of unbranched alkanes of at least 4 members (excludes halogenated alkanes) is 1. The Morgan fingerprint density at radius 3 is 2.50 bits per heavy atom. The molecule has 2 aromatic rings. The Morgan fingerprint density at radius 1 is 1.24 bits per heavy atom. The van der Waals surface area contributed by atoms with Gasteiger partial charge in [0, 0.05) is 42.7 Å². The molecule has 0 aromatic heterocycles. The van der Waals surface area contributed by atoms with Gasteiger partial charge in [-0.1, -0.05) is 38.0 Å². The monoisotopic (exact) mass is 506 g/mol. The number of rotatable bonds is 9. The molecule has 0 spiro atoms. The molecule has 2 aromatic carbocycles. The fraction of sp³-hybridized carbons (Fsp3) is 0.480. The van der Waals surface area contributed by atoms with Crippen LogP contribution < -0.4 is 9.64 Å². The van der Waals surface area contributed by atoms with Crippen LogP contribution >= 0.6 is 11.8 Å². The standard InChI is InChI=1S/C25H34N2O5S2/c1-6-7-11-20-16-27(19-12-9-8-10-13-19)21-15-22(32-5)18(17-33-25(2,3)24(28)29)14-23(21)34(30,31)26(20)4/h8-10,12-15,20H,6-7,11,16-17H2,1-5H3,(H,28,29)/t20-/m1/s1. The summed E-state index contributed by atoms with van der Waals surface area (Å²) >= 11 is 1.23. The summed E-state index contributed by atoms with van der Waals surface area (Å²) in [5.41, 5.74) is 2.13. The molecule has 7 nitrogen and oxygen atoms in total. The fourth-order valence-corrected chi connectivity index (χ4v) is 6.44. The van der Waals surface area contributed by atoms with Crippen molar-refractivity contribution in [2.75, 3.05) is 25.6 Å². The number of ether oxygens (including phenoxy) is 1. The van der Waals surface area contributed by atoms with Gasteiger partial charge in [-0.2, -0.15) is 4.31 Å². The molecule has 0 fully saturated rings. The third-order valence-electron chi connectivity index (χ3n) is 6.28. The van der Waals surface area contributed by atoms with Crippen molar-refractivity contribution in [1.82, 2.24) is 4.31 Å². The number of likely N-dealkylation sites (N-methyl/N-ethyl adjacent to an activating group) is 1. The van der Waals surface area contributed by atoms with Crippen molar-refractivity contribution < 1.29 is 23.1 Å². The molecule has 0 unspecified atom stereocenters. The van der Waals surface area contributed by atoms with E-state index < -0.39 is 20.7 Å². The van der Waals surface area contributed by atoms with Crippen LogP contribution in [0.4, 0.5) is 11.4 Å². The highest BCUT2D eigenvalue weighted by Gasteiger charge is 2.38. The molecule has 0 bridgehead atoms. The molecule has 1 aliphatic heterocycles. The molecule has 1 heterocycles. The lowest BCUT2D eigenvalue weighted by atomic mass is 10.1. The largest absolute Gasteiger partial charge is 0.496 e. The third-order valence-corrected chi connectivity index (χ3v) is 9.57.